The first-order valence-corrected chi connectivity index (χ1v) is 6.11. The Bertz CT molecular complexity index is 382. The van der Waals surface area contributed by atoms with Gasteiger partial charge in [-0.25, -0.2) is 8.42 Å². The third-order valence-corrected chi connectivity index (χ3v) is 1.96. The predicted molar refractivity (Wildman–Crippen MR) is 51.1 cm³/mol. The maximum Gasteiger partial charge on any atom is 0.173 e. The topological polar surface area (TPSA) is 68.5 Å². The van der Waals surface area contributed by atoms with Gasteiger partial charge in [-0.15, -0.1) is 0 Å². The largest absolute Gasteiger partial charge is 0.465 e. The number of nitrogens with one attached hydrogen (secondary N) is 1. The van der Waals surface area contributed by atoms with Crippen molar-refractivity contribution in [1.29, 1.82) is 0 Å². The van der Waals surface area contributed by atoms with Crippen LogP contribution in [0.1, 0.15) is 11.5 Å². The summed E-state index contributed by atoms with van der Waals surface area (Å²) in [5.41, 5.74) is 2.50. The van der Waals surface area contributed by atoms with Crippen LogP contribution in [0, 0.1) is 6.92 Å². The van der Waals surface area contributed by atoms with Crippen LogP contribution < -0.4 is 5.48 Å². The number of hydrogen-bond donors (Lipinski definition) is 1. The highest BCUT2D eigenvalue weighted by Gasteiger charge is 2.02. The molecule has 1 aromatic rings. The fourth-order valence-corrected chi connectivity index (χ4v) is 1.15. The van der Waals surface area contributed by atoms with Crippen molar-refractivity contribution in [2.24, 2.45) is 0 Å². The molecule has 0 bridgehead atoms. The Hall–Kier alpha value is -0.850. The molecule has 0 fully saturated rings. The zero-order valence-electron chi connectivity index (χ0n) is 8.11. The Labute approximate surface area is 82.9 Å². The average molecular weight is 219 g/mol. The molecule has 1 rings (SSSR count). The fourth-order valence-electron chi connectivity index (χ4n) is 0.851. The molecule has 0 amide bonds. The summed E-state index contributed by atoms with van der Waals surface area (Å²) in [6.07, 6.45) is 1.10. The standard InChI is InChI=1S/C8H13NO4S/c1-7-3-4-8(13-7)5-9-12-6-14(2,10)11/h3-4,9H,5-6H2,1-2H3. The Balaban J connectivity index is 2.23. The first-order valence-electron chi connectivity index (χ1n) is 4.05. The zero-order chi connectivity index (χ0) is 10.6. The van der Waals surface area contributed by atoms with Gasteiger partial charge in [-0.1, -0.05) is 0 Å². The lowest BCUT2D eigenvalue weighted by Crippen LogP contribution is -2.18. The van der Waals surface area contributed by atoms with E-state index in [4.69, 9.17) is 9.25 Å². The van der Waals surface area contributed by atoms with E-state index in [0.29, 0.717) is 12.3 Å². The van der Waals surface area contributed by atoms with Gasteiger partial charge in [-0.05, 0) is 19.1 Å². The molecule has 0 saturated heterocycles. The predicted octanol–water partition coefficient (Wildman–Crippen LogP) is 0.611. The van der Waals surface area contributed by atoms with Crippen molar-refractivity contribution in [3.63, 3.8) is 0 Å². The molecule has 1 aromatic heterocycles. The van der Waals surface area contributed by atoms with E-state index >= 15 is 0 Å². The van der Waals surface area contributed by atoms with E-state index < -0.39 is 9.84 Å². The summed E-state index contributed by atoms with van der Waals surface area (Å²) in [5.74, 6) is 1.17. The lowest BCUT2D eigenvalue weighted by molar-refractivity contribution is 0.0655. The van der Waals surface area contributed by atoms with E-state index in [2.05, 4.69) is 5.48 Å². The highest BCUT2D eigenvalue weighted by atomic mass is 32.2. The second-order valence-corrected chi connectivity index (χ2v) is 5.11. The molecule has 0 unspecified atom stereocenters. The quantitative estimate of drug-likeness (QED) is 0.580. The van der Waals surface area contributed by atoms with E-state index in [1.165, 1.54) is 0 Å². The van der Waals surface area contributed by atoms with Gasteiger partial charge in [0, 0.05) is 6.26 Å². The summed E-state index contributed by atoms with van der Waals surface area (Å²) in [6, 6.07) is 3.62. The molecule has 14 heavy (non-hydrogen) atoms. The summed E-state index contributed by atoms with van der Waals surface area (Å²) in [4.78, 5) is 4.71. The smallest absolute Gasteiger partial charge is 0.173 e. The highest BCUT2D eigenvalue weighted by Crippen LogP contribution is 2.05. The second kappa shape index (κ2) is 4.59. The minimum Gasteiger partial charge on any atom is -0.465 e. The first-order chi connectivity index (χ1) is 6.47. The SMILES string of the molecule is Cc1ccc(CNOCS(C)(=O)=O)o1. The van der Waals surface area contributed by atoms with Crippen molar-refractivity contribution in [2.75, 3.05) is 12.2 Å². The fraction of sp³-hybridized carbons (Fsp3) is 0.500. The number of sulfone groups is 1. The maximum absolute atomic E-state index is 10.7. The molecule has 0 aromatic carbocycles. The average Bonchev–Trinajstić information content (AvgIpc) is 2.44. The lowest BCUT2D eigenvalue weighted by atomic mass is 10.4. The van der Waals surface area contributed by atoms with Gasteiger partial charge in [-0.2, -0.15) is 5.48 Å². The van der Waals surface area contributed by atoms with Crippen molar-refractivity contribution in [2.45, 2.75) is 13.5 Å². The molecule has 0 aliphatic heterocycles. The number of aryl methyl sites for hydroxylation is 1. The normalized spacial score (nSPS) is 11.9. The highest BCUT2D eigenvalue weighted by molar-refractivity contribution is 7.90. The third-order valence-electron chi connectivity index (χ3n) is 1.42. The van der Waals surface area contributed by atoms with E-state index in [9.17, 15) is 8.42 Å². The van der Waals surface area contributed by atoms with Crippen LogP contribution in [0.2, 0.25) is 0 Å². The van der Waals surface area contributed by atoms with Crippen LogP contribution in [0.4, 0.5) is 0 Å². The van der Waals surface area contributed by atoms with E-state index in [1.807, 2.05) is 13.0 Å². The Morgan fingerprint density at radius 2 is 2.21 bits per heavy atom. The van der Waals surface area contributed by atoms with Crippen molar-refractivity contribution in [1.82, 2.24) is 5.48 Å². The first kappa shape index (κ1) is 11.2. The molecule has 6 heteroatoms. The summed E-state index contributed by atoms with van der Waals surface area (Å²) in [7, 11) is -3.09. The van der Waals surface area contributed by atoms with Crippen molar-refractivity contribution < 1.29 is 17.7 Å². The number of hydrogen-bond acceptors (Lipinski definition) is 5. The maximum atomic E-state index is 10.7. The van der Waals surface area contributed by atoms with Crippen molar-refractivity contribution >= 4 is 9.84 Å². The van der Waals surface area contributed by atoms with Crippen LogP contribution in [0.5, 0.6) is 0 Å². The van der Waals surface area contributed by atoms with Crippen LogP contribution in [0.3, 0.4) is 0 Å². The van der Waals surface area contributed by atoms with Crippen LogP contribution in [0.25, 0.3) is 0 Å². The Morgan fingerprint density at radius 3 is 2.71 bits per heavy atom. The van der Waals surface area contributed by atoms with E-state index in [1.54, 1.807) is 6.07 Å². The summed E-state index contributed by atoms with van der Waals surface area (Å²) >= 11 is 0. The Kier molecular flexibility index (Phi) is 3.68. The number of hydroxylamine groups is 1. The van der Waals surface area contributed by atoms with Crippen LogP contribution in [-0.4, -0.2) is 20.6 Å². The molecule has 0 radical (unpaired) electrons. The van der Waals surface area contributed by atoms with Crippen molar-refractivity contribution in [3.05, 3.63) is 23.7 Å². The number of rotatable bonds is 5. The molecule has 0 atom stereocenters. The van der Waals surface area contributed by atoms with Gasteiger partial charge in [0.15, 0.2) is 15.8 Å². The van der Waals surface area contributed by atoms with E-state index in [0.717, 1.165) is 12.0 Å². The summed E-state index contributed by atoms with van der Waals surface area (Å²) in [5, 5.41) is 0. The molecule has 80 valence electrons. The van der Waals surface area contributed by atoms with Crippen LogP contribution in [0.15, 0.2) is 16.5 Å². The minimum absolute atomic E-state index is 0.341. The molecule has 0 aliphatic carbocycles. The third kappa shape index (κ3) is 4.40. The van der Waals surface area contributed by atoms with E-state index in [-0.39, 0.29) is 5.94 Å². The summed E-state index contributed by atoms with van der Waals surface area (Å²) < 4.78 is 26.5. The molecule has 1 N–H and O–H groups in total. The number of furan rings is 1. The minimum atomic E-state index is -3.09. The molecule has 0 saturated carbocycles. The van der Waals surface area contributed by atoms with Gasteiger partial charge in [0.2, 0.25) is 0 Å². The van der Waals surface area contributed by atoms with Gasteiger partial charge in [0.05, 0.1) is 6.54 Å². The van der Waals surface area contributed by atoms with Gasteiger partial charge in [-0.3, -0.25) is 4.84 Å². The molecule has 0 aliphatic rings. The lowest BCUT2D eigenvalue weighted by Gasteiger charge is -2.01. The zero-order valence-corrected chi connectivity index (χ0v) is 8.93. The van der Waals surface area contributed by atoms with Gasteiger partial charge >= 0.3 is 0 Å². The van der Waals surface area contributed by atoms with Gasteiger partial charge in [0.1, 0.15) is 11.5 Å². The Morgan fingerprint density at radius 1 is 1.50 bits per heavy atom. The van der Waals surface area contributed by atoms with Crippen LogP contribution >= 0.6 is 0 Å². The molecular weight excluding hydrogens is 206 g/mol. The molecule has 5 nitrogen and oxygen atoms in total. The van der Waals surface area contributed by atoms with Crippen LogP contribution in [-0.2, 0) is 21.2 Å². The molecule has 1 heterocycles. The van der Waals surface area contributed by atoms with Gasteiger partial charge in [0.25, 0.3) is 0 Å². The van der Waals surface area contributed by atoms with Crippen molar-refractivity contribution in [3.8, 4) is 0 Å². The summed E-state index contributed by atoms with van der Waals surface area (Å²) in [6.45, 7) is 2.18. The molecule has 0 spiro atoms. The molecular formula is C8H13NO4S. The second-order valence-electron chi connectivity index (χ2n) is 3.02. The van der Waals surface area contributed by atoms with Gasteiger partial charge < -0.3 is 4.42 Å². The monoisotopic (exact) mass is 219 g/mol.